The summed E-state index contributed by atoms with van der Waals surface area (Å²) >= 11 is 7.05. The number of ether oxygens (including phenoxy) is 1. The van der Waals surface area contributed by atoms with E-state index in [0.717, 1.165) is 108 Å². The summed E-state index contributed by atoms with van der Waals surface area (Å²) in [6.07, 6.45) is 10.7. The van der Waals surface area contributed by atoms with Crippen LogP contribution in [-0.4, -0.2) is 71.2 Å². The van der Waals surface area contributed by atoms with Gasteiger partial charge in [0.2, 0.25) is 0 Å². The number of hydrogen-bond acceptors (Lipinski definition) is 10. The molecule has 0 spiro atoms. The number of amides is 1. The Labute approximate surface area is 332 Å². The van der Waals surface area contributed by atoms with Crippen LogP contribution in [0.4, 0.5) is 5.69 Å². The smallest absolute Gasteiger partial charge is 0.308 e. The zero-order valence-electron chi connectivity index (χ0n) is 32.2. The highest BCUT2D eigenvalue weighted by Crippen LogP contribution is 2.37. The van der Waals surface area contributed by atoms with Crippen molar-refractivity contribution in [3.05, 3.63) is 106 Å². The van der Waals surface area contributed by atoms with Gasteiger partial charge in [0.25, 0.3) is 16.0 Å². The zero-order chi connectivity index (χ0) is 39.6. The molecule has 2 aromatic carbocycles. The third-order valence-corrected chi connectivity index (χ3v) is 12.2. The van der Waals surface area contributed by atoms with E-state index < -0.39 is 10.1 Å². The molecule has 0 unspecified atom stereocenters. The second kappa shape index (κ2) is 16.8. The molecule has 56 heavy (non-hydrogen) atoms. The monoisotopic (exact) mass is 798 g/mol. The summed E-state index contributed by atoms with van der Waals surface area (Å²) in [6.45, 7) is 4.53. The van der Waals surface area contributed by atoms with Gasteiger partial charge in [0.15, 0.2) is 5.82 Å². The van der Waals surface area contributed by atoms with Crippen molar-refractivity contribution in [2.45, 2.75) is 65.0 Å². The third-order valence-electron chi connectivity index (χ3n) is 11.3. The van der Waals surface area contributed by atoms with Crippen LogP contribution in [0.5, 0.6) is 0 Å². The molecule has 1 saturated carbocycles. The van der Waals surface area contributed by atoms with E-state index in [2.05, 4.69) is 26.3 Å². The molecular weight excluding hydrogens is 752 g/mol. The number of nitrogens with zero attached hydrogens (tertiary/aromatic N) is 5. The molecule has 4 heterocycles. The van der Waals surface area contributed by atoms with Crippen LogP contribution in [-0.2, 0) is 56.9 Å². The average molecular weight is 799 g/mol. The molecular formula is C42H47ClN6O6S. The van der Waals surface area contributed by atoms with E-state index in [1.165, 1.54) is 7.11 Å². The molecule has 12 nitrogen and oxygen atoms in total. The Kier molecular flexibility index (Phi) is 11.9. The first-order chi connectivity index (χ1) is 26.9. The number of carbonyl (C=O) groups is 2. The number of esters is 1. The molecule has 1 N–H and O–H groups in total. The van der Waals surface area contributed by atoms with E-state index in [1.54, 1.807) is 18.5 Å². The molecule has 3 aromatic heterocycles. The molecule has 14 heteroatoms. The normalized spacial score (nSPS) is 17.4. The van der Waals surface area contributed by atoms with E-state index in [-0.39, 0.29) is 24.4 Å². The maximum absolute atomic E-state index is 13.7. The molecule has 1 aliphatic carbocycles. The molecule has 7 rings (SSSR count). The van der Waals surface area contributed by atoms with Crippen LogP contribution < -0.4 is 5.32 Å². The van der Waals surface area contributed by atoms with Gasteiger partial charge in [-0.3, -0.25) is 28.6 Å². The standard InChI is InChI=1S/C42H47ClN6O6S/c1-26-30(22-35-39-31(15-18-44-35)21-28(23-45-39)25-55-56(4,52)53)7-5-8-32(26)33-9-6-10-34(38(33)43)47-41(50)40-46-36-24-49(20-17-37(36)48(40)2)19-16-27-11-13-29(14-12-27)42(51)54-3/h5-10,15,18,21,23,27,29H,11-14,16-17,19-20,22,24-25H2,1-4H3,(H,47,50). The lowest BCUT2D eigenvalue weighted by Gasteiger charge is -2.31. The summed E-state index contributed by atoms with van der Waals surface area (Å²) in [5.41, 5.74) is 8.44. The Bertz CT molecular complexity index is 2390. The van der Waals surface area contributed by atoms with Crippen molar-refractivity contribution in [1.29, 1.82) is 0 Å². The molecule has 1 amide bonds. The van der Waals surface area contributed by atoms with Gasteiger partial charge < -0.3 is 14.6 Å². The lowest BCUT2D eigenvalue weighted by molar-refractivity contribution is -0.146. The SMILES string of the molecule is COC(=O)C1CCC(CCN2CCc3c(nc(C(=O)Nc4cccc(-c5cccc(Cc6nccc7cc(COS(C)(=O)=O)cnc67)c5C)c4Cl)n3C)C2)CC1. The number of carbonyl (C=O) groups excluding carboxylic acids is 2. The summed E-state index contributed by atoms with van der Waals surface area (Å²) in [6, 6.07) is 15.4. The highest BCUT2D eigenvalue weighted by atomic mass is 35.5. The molecule has 0 bridgehead atoms. The van der Waals surface area contributed by atoms with Crippen molar-refractivity contribution in [1.82, 2.24) is 24.4 Å². The third kappa shape index (κ3) is 8.81. The predicted molar refractivity (Wildman–Crippen MR) is 216 cm³/mol. The Balaban J connectivity index is 1.02. The number of imidazole rings is 1. The molecule has 0 radical (unpaired) electrons. The lowest BCUT2D eigenvalue weighted by Crippen LogP contribution is -2.33. The molecule has 2 aliphatic rings. The van der Waals surface area contributed by atoms with Gasteiger partial charge in [0.05, 0.1) is 53.5 Å². The number of pyridine rings is 2. The summed E-state index contributed by atoms with van der Waals surface area (Å²) in [5.74, 6) is 0.603. The number of aromatic nitrogens is 4. The Morgan fingerprint density at radius 2 is 1.80 bits per heavy atom. The van der Waals surface area contributed by atoms with Crippen LogP contribution >= 0.6 is 11.6 Å². The van der Waals surface area contributed by atoms with Gasteiger partial charge in [-0.2, -0.15) is 8.42 Å². The molecule has 5 aromatic rings. The minimum absolute atomic E-state index is 0.0406. The van der Waals surface area contributed by atoms with Crippen molar-refractivity contribution in [3.63, 3.8) is 0 Å². The number of halogens is 1. The molecule has 0 atom stereocenters. The van der Waals surface area contributed by atoms with Gasteiger partial charge >= 0.3 is 5.97 Å². The van der Waals surface area contributed by atoms with Crippen LogP contribution in [0, 0.1) is 18.8 Å². The first-order valence-corrected chi connectivity index (χ1v) is 21.2. The maximum Gasteiger partial charge on any atom is 0.308 e. The van der Waals surface area contributed by atoms with Gasteiger partial charge in [-0.1, -0.05) is 41.9 Å². The summed E-state index contributed by atoms with van der Waals surface area (Å²) in [7, 11) is -0.210. The number of rotatable bonds is 12. The highest BCUT2D eigenvalue weighted by Gasteiger charge is 2.29. The molecule has 294 valence electrons. The summed E-state index contributed by atoms with van der Waals surface area (Å²) < 4.78 is 34.7. The van der Waals surface area contributed by atoms with E-state index in [9.17, 15) is 18.0 Å². The number of hydrogen-bond donors (Lipinski definition) is 1. The van der Waals surface area contributed by atoms with Crippen LogP contribution in [0.15, 0.2) is 60.9 Å². The van der Waals surface area contributed by atoms with Crippen molar-refractivity contribution < 1.29 is 26.9 Å². The van der Waals surface area contributed by atoms with Gasteiger partial charge in [0.1, 0.15) is 0 Å². The average Bonchev–Trinajstić information content (AvgIpc) is 3.53. The van der Waals surface area contributed by atoms with Gasteiger partial charge in [-0.25, -0.2) is 4.98 Å². The summed E-state index contributed by atoms with van der Waals surface area (Å²) in [4.78, 5) is 42.2. The second-order valence-corrected chi connectivity index (χ2v) is 17.0. The van der Waals surface area contributed by atoms with Crippen molar-refractivity contribution in [2.75, 3.05) is 31.8 Å². The Morgan fingerprint density at radius 1 is 1.04 bits per heavy atom. The molecule has 0 saturated heterocycles. The van der Waals surface area contributed by atoms with Crippen LogP contribution in [0.25, 0.3) is 22.0 Å². The first kappa shape index (κ1) is 39.5. The van der Waals surface area contributed by atoms with Gasteiger partial charge in [-0.05, 0) is 91.9 Å². The second-order valence-electron chi connectivity index (χ2n) is 15.0. The van der Waals surface area contributed by atoms with Crippen molar-refractivity contribution in [2.24, 2.45) is 18.9 Å². The minimum Gasteiger partial charge on any atom is -0.469 e. The quantitative estimate of drug-likeness (QED) is 0.103. The van der Waals surface area contributed by atoms with Crippen molar-refractivity contribution >= 4 is 50.2 Å². The summed E-state index contributed by atoms with van der Waals surface area (Å²) in [5, 5.41) is 4.30. The number of anilines is 1. The van der Waals surface area contributed by atoms with Crippen LogP contribution in [0.1, 0.15) is 76.5 Å². The fourth-order valence-corrected chi connectivity index (χ4v) is 8.73. The van der Waals surface area contributed by atoms with Gasteiger partial charge in [0, 0.05) is 62.0 Å². The Hall–Kier alpha value is -4.69. The van der Waals surface area contributed by atoms with E-state index in [1.807, 2.05) is 54.9 Å². The maximum atomic E-state index is 13.7. The Morgan fingerprint density at radius 3 is 2.57 bits per heavy atom. The topological polar surface area (TPSA) is 146 Å². The number of fused-ring (bicyclic) bond motifs is 2. The van der Waals surface area contributed by atoms with Crippen LogP contribution in [0.3, 0.4) is 0 Å². The fraction of sp³-hybridized carbons (Fsp3) is 0.405. The van der Waals surface area contributed by atoms with Gasteiger partial charge in [-0.15, -0.1) is 0 Å². The first-order valence-electron chi connectivity index (χ1n) is 19.0. The fourth-order valence-electron chi connectivity index (χ4n) is 8.10. The zero-order valence-corrected chi connectivity index (χ0v) is 33.8. The number of benzene rings is 2. The van der Waals surface area contributed by atoms with Crippen molar-refractivity contribution in [3.8, 4) is 11.1 Å². The number of nitrogens with one attached hydrogen (secondary N) is 1. The van der Waals surface area contributed by atoms with Crippen LogP contribution in [0.2, 0.25) is 5.02 Å². The lowest BCUT2D eigenvalue weighted by atomic mass is 9.80. The molecule has 1 aliphatic heterocycles. The largest absolute Gasteiger partial charge is 0.469 e. The van der Waals surface area contributed by atoms with E-state index >= 15 is 0 Å². The minimum atomic E-state index is -3.58. The van der Waals surface area contributed by atoms with E-state index in [0.29, 0.717) is 41.0 Å². The van der Waals surface area contributed by atoms with E-state index in [4.69, 9.17) is 25.5 Å². The highest BCUT2D eigenvalue weighted by molar-refractivity contribution is 7.85. The predicted octanol–water partition coefficient (Wildman–Crippen LogP) is 7.04. The molecule has 1 fully saturated rings. The number of methoxy groups -OCH3 is 1.